The van der Waals surface area contributed by atoms with Crippen molar-refractivity contribution in [1.82, 2.24) is 5.32 Å². The van der Waals surface area contributed by atoms with Crippen molar-refractivity contribution in [2.75, 3.05) is 40.9 Å². The van der Waals surface area contributed by atoms with Gasteiger partial charge in [0.05, 0.1) is 33.8 Å². The minimum Gasteiger partial charge on any atom is -0.756 e. The van der Waals surface area contributed by atoms with Crippen LogP contribution in [0.3, 0.4) is 0 Å². The van der Waals surface area contributed by atoms with Crippen molar-refractivity contribution < 1.29 is 37.3 Å². The molecule has 0 aromatic carbocycles. The predicted molar refractivity (Wildman–Crippen MR) is 349 cm³/mol. The topological polar surface area (TPSA) is 114 Å². The summed E-state index contributed by atoms with van der Waals surface area (Å²) < 4.78 is 30.4. The second-order valence-electron chi connectivity index (χ2n) is 25.1. The normalized spacial score (nSPS) is 13.8. The van der Waals surface area contributed by atoms with E-state index in [1.165, 1.54) is 238 Å². The van der Waals surface area contributed by atoms with Crippen molar-refractivity contribution in [1.29, 1.82) is 0 Å². The summed E-state index contributed by atoms with van der Waals surface area (Å²) in [4.78, 5) is 40.1. The molecule has 0 fully saturated rings. The lowest BCUT2D eigenvalue weighted by Gasteiger charge is -2.30. The number of hydrogen-bond donors (Lipinski definition) is 1. The molecule has 1 N–H and O–H groups in total. The number of carbonyl (C=O) groups is 2. The van der Waals surface area contributed by atoms with Gasteiger partial charge in [0, 0.05) is 12.8 Å². The summed E-state index contributed by atoms with van der Waals surface area (Å²) in [7, 11) is 1.18. The van der Waals surface area contributed by atoms with Crippen LogP contribution in [0.15, 0.2) is 48.6 Å². The number of nitrogens with zero attached hydrogens (tertiary/aromatic N) is 1. The molecule has 0 aliphatic rings. The molecule has 0 rings (SSSR count). The first-order chi connectivity index (χ1) is 39.4. The molecular weight excluding hydrogens is 1020 g/mol. The highest BCUT2D eigenvalue weighted by atomic mass is 31.2. The van der Waals surface area contributed by atoms with Gasteiger partial charge in [-0.05, 0) is 83.1 Å². The van der Waals surface area contributed by atoms with Crippen LogP contribution >= 0.6 is 7.82 Å². The molecule has 9 nitrogen and oxygen atoms in total. The van der Waals surface area contributed by atoms with Gasteiger partial charge in [0.2, 0.25) is 5.91 Å². The number of esters is 1. The van der Waals surface area contributed by atoms with Crippen LogP contribution in [-0.4, -0.2) is 69.4 Å². The fraction of sp³-hybridized carbons (Fsp3) is 0.859. The molecule has 0 aromatic rings. The number of carbonyl (C=O) groups excluding carboxylic acids is 2. The summed E-state index contributed by atoms with van der Waals surface area (Å²) in [5, 5.41) is 3.02. The second kappa shape index (κ2) is 61.1. The zero-order valence-electron chi connectivity index (χ0n) is 54.5. The maximum atomic E-state index is 13.5. The maximum Gasteiger partial charge on any atom is 0.306 e. The summed E-state index contributed by atoms with van der Waals surface area (Å²) in [5.41, 5.74) is 0. The van der Waals surface area contributed by atoms with Crippen molar-refractivity contribution >= 4 is 19.7 Å². The van der Waals surface area contributed by atoms with E-state index in [1.807, 2.05) is 33.3 Å². The van der Waals surface area contributed by atoms with E-state index in [4.69, 9.17) is 13.8 Å². The molecule has 0 radical (unpaired) electrons. The fourth-order valence-corrected chi connectivity index (χ4v) is 11.1. The molecule has 10 heteroatoms. The van der Waals surface area contributed by atoms with Gasteiger partial charge in [-0.3, -0.25) is 14.2 Å². The zero-order chi connectivity index (χ0) is 59.3. The monoisotopic (exact) mass is 1160 g/mol. The van der Waals surface area contributed by atoms with Crippen molar-refractivity contribution in [2.24, 2.45) is 0 Å². The van der Waals surface area contributed by atoms with Gasteiger partial charge < -0.3 is 28.5 Å². The summed E-state index contributed by atoms with van der Waals surface area (Å²) in [6, 6.07) is -0.901. The number of allylic oxidation sites excluding steroid dienone is 7. The first-order valence-corrected chi connectivity index (χ1v) is 36.4. The van der Waals surface area contributed by atoms with Gasteiger partial charge in [0.1, 0.15) is 19.3 Å². The number of ether oxygens (including phenoxy) is 1. The molecule has 0 aliphatic heterocycles. The first kappa shape index (κ1) is 79.0. The molecule has 0 saturated heterocycles. The van der Waals surface area contributed by atoms with E-state index >= 15 is 0 Å². The van der Waals surface area contributed by atoms with Gasteiger partial charge in [0.25, 0.3) is 7.82 Å². The van der Waals surface area contributed by atoms with Gasteiger partial charge in [-0.15, -0.1) is 0 Å². The highest BCUT2D eigenvalue weighted by molar-refractivity contribution is 7.45. The number of quaternary nitrogens is 1. The van der Waals surface area contributed by atoms with E-state index in [0.717, 1.165) is 64.2 Å². The van der Waals surface area contributed by atoms with Crippen molar-refractivity contribution in [3.05, 3.63) is 48.6 Å². The number of nitrogens with one attached hydrogen (secondary N) is 1. The molecule has 0 aliphatic carbocycles. The quantitative estimate of drug-likeness (QED) is 0.0161. The van der Waals surface area contributed by atoms with E-state index in [1.54, 1.807) is 0 Å². The van der Waals surface area contributed by atoms with E-state index in [2.05, 4.69) is 62.5 Å². The first-order valence-electron chi connectivity index (χ1n) is 35.0. The number of rotatable bonds is 64. The Morgan fingerprint density at radius 1 is 0.432 bits per heavy atom. The highest BCUT2D eigenvalue weighted by Crippen LogP contribution is 2.38. The SMILES string of the molecule is CCCCCCCC/C=C/CCCCCCCCCCCCCCCCCCCC(=O)OC(/C=C\CCCCCCCCCCCC)C(COP(=O)([O-])OCC[N+](C)(C)C)NC(=O)CCCCC/C=C/C=C/CCCCCCCCC. The minimum absolute atomic E-state index is 0.0261. The number of amides is 1. The maximum absolute atomic E-state index is 13.5. The van der Waals surface area contributed by atoms with Crippen LogP contribution in [0, 0.1) is 0 Å². The molecule has 81 heavy (non-hydrogen) atoms. The van der Waals surface area contributed by atoms with E-state index < -0.39 is 26.6 Å². The van der Waals surface area contributed by atoms with Crippen molar-refractivity contribution in [3.63, 3.8) is 0 Å². The Labute approximate surface area is 503 Å². The van der Waals surface area contributed by atoms with Crippen LogP contribution in [0.2, 0.25) is 0 Å². The number of hydrogen-bond acceptors (Lipinski definition) is 7. The largest absolute Gasteiger partial charge is 0.756 e. The van der Waals surface area contributed by atoms with Crippen LogP contribution in [-0.2, 0) is 27.9 Å². The Bertz CT molecular complexity index is 1520. The average Bonchev–Trinajstić information content (AvgIpc) is 3.44. The van der Waals surface area contributed by atoms with Crippen LogP contribution in [0.5, 0.6) is 0 Å². The minimum atomic E-state index is -4.71. The van der Waals surface area contributed by atoms with Crippen LogP contribution < -0.4 is 10.2 Å². The molecule has 0 aromatic heterocycles. The molecule has 0 bridgehead atoms. The summed E-state index contributed by atoms with van der Waals surface area (Å²) in [6.45, 7) is 6.85. The lowest BCUT2D eigenvalue weighted by molar-refractivity contribution is -0.870. The zero-order valence-corrected chi connectivity index (χ0v) is 55.4. The third kappa shape index (κ3) is 62.3. The third-order valence-electron chi connectivity index (χ3n) is 15.8. The van der Waals surface area contributed by atoms with E-state index in [-0.39, 0.29) is 31.3 Å². The summed E-state index contributed by atoms with van der Waals surface area (Å²) in [5.74, 6) is -0.558. The standard InChI is InChI=1S/C71H135N2O7P/c1-7-10-13-16-19-22-25-28-30-32-33-34-35-36-37-38-39-40-41-42-44-46-49-52-55-58-61-64-71(75)80-69(62-59-56-53-50-47-27-24-21-18-15-12-9-3)68(67-79-81(76,77)78-66-65-73(4,5)6)72-70(74)63-60-57-54-51-48-45-43-31-29-26-23-20-17-14-11-8-2/h28,30-31,43,45,48,59,62,68-69H,7-27,29,32-42,44,46-47,49-58,60-61,63-67H2,1-6H3,(H-,72,74,76,77)/b30-28+,43-31+,48-45+,62-59-. The molecule has 3 unspecified atom stereocenters. The Morgan fingerprint density at radius 2 is 0.753 bits per heavy atom. The van der Waals surface area contributed by atoms with Gasteiger partial charge in [-0.2, -0.15) is 0 Å². The van der Waals surface area contributed by atoms with Crippen LogP contribution in [0.25, 0.3) is 0 Å². The lowest BCUT2D eigenvalue weighted by Crippen LogP contribution is -2.47. The Balaban J connectivity index is 5.02. The smallest absolute Gasteiger partial charge is 0.306 e. The molecular formula is C71H135N2O7P. The molecule has 3 atom stereocenters. The van der Waals surface area contributed by atoms with E-state index in [0.29, 0.717) is 17.4 Å². The highest BCUT2D eigenvalue weighted by Gasteiger charge is 2.27. The lowest BCUT2D eigenvalue weighted by atomic mass is 10.0. The van der Waals surface area contributed by atoms with Gasteiger partial charge in [-0.25, -0.2) is 0 Å². The van der Waals surface area contributed by atoms with Gasteiger partial charge >= 0.3 is 5.97 Å². The molecule has 0 spiro atoms. The molecule has 0 saturated carbocycles. The van der Waals surface area contributed by atoms with Crippen molar-refractivity contribution in [3.8, 4) is 0 Å². The average molecular weight is 1160 g/mol. The molecule has 0 heterocycles. The number of unbranched alkanes of at least 4 members (excludes halogenated alkanes) is 43. The van der Waals surface area contributed by atoms with Gasteiger partial charge in [0.15, 0.2) is 0 Å². The molecule has 1 amide bonds. The van der Waals surface area contributed by atoms with Crippen molar-refractivity contribution in [2.45, 2.75) is 354 Å². The van der Waals surface area contributed by atoms with E-state index in [9.17, 15) is 19.0 Å². The Hall–Kier alpha value is -2.03. The fourth-order valence-electron chi connectivity index (χ4n) is 10.3. The number of phosphoric ester groups is 1. The Kier molecular flexibility index (Phi) is 59.5. The third-order valence-corrected chi connectivity index (χ3v) is 16.7. The van der Waals surface area contributed by atoms with Crippen LogP contribution in [0.1, 0.15) is 342 Å². The second-order valence-corrected chi connectivity index (χ2v) is 26.5. The van der Waals surface area contributed by atoms with Gasteiger partial charge in [-0.1, -0.05) is 294 Å². The summed E-state index contributed by atoms with van der Waals surface area (Å²) >= 11 is 0. The number of phosphoric acid groups is 1. The Morgan fingerprint density at radius 3 is 1.14 bits per heavy atom. The number of likely N-dealkylation sites (N-methyl/N-ethyl adjacent to an activating group) is 1. The summed E-state index contributed by atoms with van der Waals surface area (Å²) in [6.07, 6.45) is 76.7. The van der Waals surface area contributed by atoms with Crippen LogP contribution in [0.4, 0.5) is 0 Å². The molecule has 476 valence electrons. The predicted octanol–water partition coefficient (Wildman–Crippen LogP) is 21.4.